The van der Waals surface area contributed by atoms with E-state index in [1.54, 1.807) is 0 Å². The van der Waals surface area contributed by atoms with Crippen LogP contribution in [0.2, 0.25) is 0 Å². The van der Waals surface area contributed by atoms with Gasteiger partial charge in [0, 0.05) is 5.39 Å². The summed E-state index contributed by atoms with van der Waals surface area (Å²) in [6.07, 6.45) is 1.21. The molecule has 0 atom stereocenters. The molecule has 0 spiro atoms. The topological polar surface area (TPSA) is 70.4 Å². The van der Waals surface area contributed by atoms with E-state index in [0.29, 0.717) is 0 Å². The van der Waals surface area contributed by atoms with Gasteiger partial charge >= 0.3 is 0 Å². The number of aryl methyl sites for hydroxylation is 1. The molecule has 0 bridgehead atoms. The number of benzene rings is 1. The number of nitrogens with zero attached hydrogens (tertiary/aromatic N) is 3. The number of aliphatic imine (C=N–C) groups is 1. The quantitative estimate of drug-likeness (QED) is 0.440. The van der Waals surface area contributed by atoms with Gasteiger partial charge in [-0.05, 0) is 25.1 Å². The van der Waals surface area contributed by atoms with E-state index in [9.17, 15) is 0 Å². The van der Waals surface area contributed by atoms with E-state index >= 15 is 0 Å². The lowest BCUT2D eigenvalue weighted by molar-refractivity contribution is 0.240. The first-order chi connectivity index (χ1) is 7.31. The number of fused-ring (bicyclic) bond motifs is 1. The van der Waals surface area contributed by atoms with E-state index < -0.39 is 0 Å². The summed E-state index contributed by atoms with van der Waals surface area (Å²) in [4.78, 5) is 4.04. The van der Waals surface area contributed by atoms with Gasteiger partial charge in [0.25, 0.3) is 0 Å². The number of nitrogens with one attached hydrogen (secondary N) is 1. The molecule has 2 N–H and O–H groups in total. The van der Waals surface area contributed by atoms with E-state index in [4.69, 9.17) is 5.21 Å². The molecule has 2 aromatic rings. The number of hydrogen-bond acceptors (Lipinski definition) is 4. The van der Waals surface area contributed by atoms with Crippen LogP contribution < -0.4 is 5.48 Å². The molecule has 0 unspecified atom stereocenters. The maximum atomic E-state index is 8.43. The Morgan fingerprint density at radius 1 is 1.40 bits per heavy atom. The molecule has 1 aromatic heterocycles. The Morgan fingerprint density at radius 2 is 2.27 bits per heavy atom. The zero-order valence-electron chi connectivity index (χ0n) is 8.18. The van der Waals surface area contributed by atoms with Crippen LogP contribution in [0.1, 0.15) is 5.69 Å². The fourth-order valence-corrected chi connectivity index (χ4v) is 1.36. The van der Waals surface area contributed by atoms with E-state index in [0.717, 1.165) is 22.3 Å². The molecule has 0 aliphatic carbocycles. The van der Waals surface area contributed by atoms with Crippen molar-refractivity contribution in [3.63, 3.8) is 0 Å². The number of hydrogen-bond donors (Lipinski definition) is 2. The minimum atomic E-state index is 0.743. The van der Waals surface area contributed by atoms with E-state index in [1.807, 2.05) is 36.7 Å². The van der Waals surface area contributed by atoms with Crippen molar-refractivity contribution in [2.75, 3.05) is 0 Å². The Kier molecular flexibility index (Phi) is 2.55. The molecule has 0 amide bonds. The van der Waals surface area contributed by atoms with E-state index in [1.165, 1.54) is 6.34 Å². The summed E-state index contributed by atoms with van der Waals surface area (Å²) in [5, 5.41) is 17.3. The van der Waals surface area contributed by atoms with Crippen LogP contribution in [0.15, 0.2) is 29.3 Å². The lowest BCUT2D eigenvalue weighted by Crippen LogP contribution is -2.01. The largest absolute Gasteiger partial charge is 0.290 e. The highest BCUT2D eigenvalue weighted by atomic mass is 16.5. The van der Waals surface area contributed by atoms with Gasteiger partial charge in [0.05, 0.1) is 16.9 Å². The Hall–Kier alpha value is -2.01. The SMILES string of the molecule is Cc1cc2c(N=CNO)cccc2nn1. The number of rotatable bonds is 2. The van der Waals surface area contributed by atoms with Crippen molar-refractivity contribution in [3.05, 3.63) is 30.0 Å². The predicted octanol–water partition coefficient (Wildman–Crippen LogP) is 1.58. The van der Waals surface area contributed by atoms with Crippen LogP contribution in [0.25, 0.3) is 10.9 Å². The van der Waals surface area contributed by atoms with Gasteiger partial charge in [0.1, 0.15) is 6.34 Å². The highest BCUT2D eigenvalue weighted by Gasteiger charge is 2.00. The average Bonchev–Trinajstić information content (AvgIpc) is 2.26. The Balaban J connectivity index is 2.63. The molecular weight excluding hydrogens is 192 g/mol. The Labute approximate surface area is 86.4 Å². The Morgan fingerprint density at radius 3 is 3.07 bits per heavy atom. The lowest BCUT2D eigenvalue weighted by atomic mass is 10.2. The highest BCUT2D eigenvalue weighted by Crippen LogP contribution is 2.23. The molecule has 0 saturated heterocycles. The number of hydroxylamine groups is 1. The monoisotopic (exact) mass is 202 g/mol. The van der Waals surface area contributed by atoms with Crippen molar-refractivity contribution in [2.45, 2.75) is 6.92 Å². The van der Waals surface area contributed by atoms with Crippen molar-refractivity contribution < 1.29 is 5.21 Å². The second-order valence-electron chi connectivity index (χ2n) is 3.08. The predicted molar refractivity (Wildman–Crippen MR) is 57.3 cm³/mol. The molecule has 0 fully saturated rings. The lowest BCUT2D eigenvalue weighted by Gasteiger charge is -2.00. The smallest absolute Gasteiger partial charge is 0.113 e. The summed E-state index contributed by atoms with van der Waals surface area (Å²) in [7, 11) is 0. The van der Waals surface area contributed by atoms with Gasteiger partial charge in [0.15, 0.2) is 0 Å². The van der Waals surface area contributed by atoms with Gasteiger partial charge < -0.3 is 0 Å². The van der Waals surface area contributed by atoms with Gasteiger partial charge in [0.2, 0.25) is 0 Å². The zero-order chi connectivity index (χ0) is 10.7. The molecule has 1 heterocycles. The third-order valence-electron chi connectivity index (χ3n) is 1.99. The van der Waals surface area contributed by atoms with Crippen molar-refractivity contribution in [3.8, 4) is 0 Å². The molecule has 0 saturated carbocycles. The Bertz CT molecular complexity index is 510. The molecule has 5 nitrogen and oxygen atoms in total. The average molecular weight is 202 g/mol. The third kappa shape index (κ3) is 1.92. The molecule has 1 aromatic carbocycles. The van der Waals surface area contributed by atoms with Crippen molar-refractivity contribution >= 4 is 22.9 Å². The molecule has 0 radical (unpaired) electrons. The molecular formula is C10H10N4O. The molecule has 76 valence electrons. The second kappa shape index (κ2) is 4.02. The van der Waals surface area contributed by atoms with Gasteiger partial charge in [-0.3, -0.25) is 10.7 Å². The van der Waals surface area contributed by atoms with Crippen molar-refractivity contribution in [1.82, 2.24) is 15.7 Å². The first kappa shape index (κ1) is 9.54. The molecule has 0 aliphatic heterocycles. The van der Waals surface area contributed by atoms with Gasteiger partial charge in [-0.2, -0.15) is 10.2 Å². The standard InChI is InChI=1S/C10H10N4O/c1-7-5-8-9(11-6-12-15)3-2-4-10(8)14-13-7/h2-6,15H,1H3,(H,11,12). The van der Waals surface area contributed by atoms with Gasteiger partial charge in [-0.25, -0.2) is 4.99 Å². The van der Waals surface area contributed by atoms with Crippen LogP contribution in [0.4, 0.5) is 5.69 Å². The zero-order valence-corrected chi connectivity index (χ0v) is 8.18. The van der Waals surface area contributed by atoms with Gasteiger partial charge in [-0.1, -0.05) is 6.07 Å². The van der Waals surface area contributed by atoms with Crippen LogP contribution >= 0.6 is 0 Å². The van der Waals surface area contributed by atoms with Crippen LogP contribution in [-0.4, -0.2) is 21.7 Å². The fourth-order valence-electron chi connectivity index (χ4n) is 1.36. The maximum Gasteiger partial charge on any atom is 0.113 e. The normalized spacial score (nSPS) is 11.1. The van der Waals surface area contributed by atoms with Crippen LogP contribution in [0.3, 0.4) is 0 Å². The third-order valence-corrected chi connectivity index (χ3v) is 1.99. The molecule has 0 aliphatic rings. The van der Waals surface area contributed by atoms with Crippen LogP contribution in [0, 0.1) is 6.92 Å². The fraction of sp³-hybridized carbons (Fsp3) is 0.100. The van der Waals surface area contributed by atoms with Crippen LogP contribution in [-0.2, 0) is 0 Å². The molecule has 5 heteroatoms. The minimum Gasteiger partial charge on any atom is -0.290 e. The maximum absolute atomic E-state index is 8.43. The highest BCUT2D eigenvalue weighted by molar-refractivity contribution is 5.90. The summed E-state index contributed by atoms with van der Waals surface area (Å²) in [6.45, 7) is 1.87. The second-order valence-corrected chi connectivity index (χ2v) is 3.08. The summed E-state index contributed by atoms with van der Waals surface area (Å²) in [5.74, 6) is 0. The van der Waals surface area contributed by atoms with Crippen molar-refractivity contribution in [1.29, 1.82) is 0 Å². The molecule has 2 rings (SSSR count). The first-order valence-corrected chi connectivity index (χ1v) is 4.46. The first-order valence-electron chi connectivity index (χ1n) is 4.46. The molecule has 15 heavy (non-hydrogen) atoms. The van der Waals surface area contributed by atoms with Crippen LogP contribution in [0.5, 0.6) is 0 Å². The summed E-state index contributed by atoms with van der Waals surface area (Å²) < 4.78 is 0. The summed E-state index contributed by atoms with van der Waals surface area (Å²) in [5.41, 5.74) is 4.23. The number of aromatic nitrogens is 2. The van der Waals surface area contributed by atoms with E-state index in [2.05, 4.69) is 15.2 Å². The van der Waals surface area contributed by atoms with E-state index in [-0.39, 0.29) is 0 Å². The minimum absolute atomic E-state index is 0.743. The summed E-state index contributed by atoms with van der Waals surface area (Å²) in [6, 6.07) is 7.47. The van der Waals surface area contributed by atoms with Crippen molar-refractivity contribution in [2.24, 2.45) is 4.99 Å². The van der Waals surface area contributed by atoms with Gasteiger partial charge in [-0.15, -0.1) is 0 Å². The summed E-state index contributed by atoms with van der Waals surface area (Å²) >= 11 is 0.